The lowest BCUT2D eigenvalue weighted by molar-refractivity contribution is -0.137. The molecule has 6 nitrogen and oxygen atoms in total. The number of carbonyl (C=O) groups is 1. The van der Waals surface area contributed by atoms with Gasteiger partial charge in [-0.2, -0.15) is 18.3 Å². The predicted molar refractivity (Wildman–Crippen MR) is 82.0 cm³/mol. The molecule has 0 fully saturated rings. The number of nitrogens with one attached hydrogen (secondary N) is 2. The quantitative estimate of drug-likeness (QED) is 0.831. The van der Waals surface area contributed by atoms with Gasteiger partial charge >= 0.3 is 12.3 Å². The first-order chi connectivity index (χ1) is 11.3. The third kappa shape index (κ3) is 4.60. The highest BCUT2D eigenvalue weighted by molar-refractivity contribution is 6.04. The van der Waals surface area contributed by atoms with Crippen molar-refractivity contribution in [1.29, 1.82) is 0 Å². The SMILES string of the molecule is CCOC(C)CNc1ccc(C2=NNC(=O)OC2)cc1C(F)(F)F. The van der Waals surface area contributed by atoms with Gasteiger partial charge in [0.1, 0.15) is 12.3 Å². The number of nitrogens with zero attached hydrogens (tertiary/aromatic N) is 1. The van der Waals surface area contributed by atoms with Crippen LogP contribution in [-0.4, -0.2) is 37.7 Å². The van der Waals surface area contributed by atoms with Gasteiger partial charge in [-0.25, -0.2) is 10.2 Å². The molecule has 2 rings (SSSR count). The number of hydrogen-bond donors (Lipinski definition) is 2. The molecule has 1 amide bonds. The number of rotatable bonds is 6. The molecule has 1 unspecified atom stereocenters. The number of alkyl halides is 3. The van der Waals surface area contributed by atoms with Crippen LogP contribution < -0.4 is 10.7 Å². The fraction of sp³-hybridized carbons (Fsp3) is 0.467. The monoisotopic (exact) mass is 345 g/mol. The summed E-state index contributed by atoms with van der Waals surface area (Å²) in [6.45, 7) is 4.14. The van der Waals surface area contributed by atoms with Crippen LogP contribution >= 0.6 is 0 Å². The van der Waals surface area contributed by atoms with Crippen LogP contribution in [0, 0.1) is 0 Å². The maximum atomic E-state index is 13.3. The highest BCUT2D eigenvalue weighted by Gasteiger charge is 2.34. The molecule has 9 heteroatoms. The molecule has 0 saturated heterocycles. The van der Waals surface area contributed by atoms with Gasteiger partial charge in [0.2, 0.25) is 0 Å². The molecule has 1 aromatic rings. The summed E-state index contributed by atoms with van der Waals surface area (Å²) in [5, 5.41) is 6.47. The van der Waals surface area contributed by atoms with Crippen LogP contribution in [0.15, 0.2) is 23.3 Å². The van der Waals surface area contributed by atoms with Gasteiger partial charge in [-0.05, 0) is 26.0 Å². The van der Waals surface area contributed by atoms with E-state index in [4.69, 9.17) is 9.47 Å². The highest BCUT2D eigenvalue weighted by atomic mass is 19.4. The number of carbonyl (C=O) groups excluding carboxylic acids is 1. The zero-order chi connectivity index (χ0) is 17.7. The molecule has 0 saturated carbocycles. The Morgan fingerprint density at radius 2 is 2.21 bits per heavy atom. The Balaban J connectivity index is 2.24. The van der Waals surface area contributed by atoms with Crippen molar-refractivity contribution in [2.24, 2.45) is 5.10 Å². The van der Waals surface area contributed by atoms with Gasteiger partial charge < -0.3 is 14.8 Å². The topological polar surface area (TPSA) is 72.0 Å². The summed E-state index contributed by atoms with van der Waals surface area (Å²) < 4.78 is 50.0. The zero-order valence-corrected chi connectivity index (χ0v) is 13.2. The lowest BCUT2D eigenvalue weighted by Gasteiger charge is -2.19. The second kappa shape index (κ2) is 7.52. The summed E-state index contributed by atoms with van der Waals surface area (Å²) in [5.41, 5.74) is 1.66. The normalized spacial score (nSPS) is 16.0. The van der Waals surface area contributed by atoms with E-state index in [1.165, 1.54) is 12.1 Å². The van der Waals surface area contributed by atoms with Crippen molar-refractivity contribution in [3.63, 3.8) is 0 Å². The summed E-state index contributed by atoms with van der Waals surface area (Å²) >= 11 is 0. The van der Waals surface area contributed by atoms with E-state index in [-0.39, 0.29) is 36.2 Å². The van der Waals surface area contributed by atoms with E-state index in [0.29, 0.717) is 6.61 Å². The second-order valence-corrected chi connectivity index (χ2v) is 5.15. The maximum absolute atomic E-state index is 13.3. The number of cyclic esters (lactones) is 1. The van der Waals surface area contributed by atoms with Crippen LogP contribution in [0.4, 0.5) is 23.7 Å². The molecule has 0 aromatic heterocycles. The number of benzene rings is 1. The number of anilines is 1. The molecule has 1 heterocycles. The Morgan fingerprint density at radius 1 is 1.46 bits per heavy atom. The Hall–Kier alpha value is -2.29. The van der Waals surface area contributed by atoms with E-state index >= 15 is 0 Å². The molecule has 2 N–H and O–H groups in total. The average Bonchev–Trinajstić information content (AvgIpc) is 2.53. The van der Waals surface area contributed by atoms with Gasteiger partial charge in [-0.3, -0.25) is 0 Å². The Bertz CT molecular complexity index is 632. The molecule has 0 radical (unpaired) electrons. The van der Waals surface area contributed by atoms with Gasteiger partial charge in [-0.15, -0.1) is 0 Å². The van der Waals surface area contributed by atoms with Crippen molar-refractivity contribution in [2.75, 3.05) is 25.1 Å². The minimum Gasteiger partial charge on any atom is -0.442 e. The lowest BCUT2D eigenvalue weighted by atomic mass is 10.0. The summed E-state index contributed by atoms with van der Waals surface area (Å²) in [6.07, 6.45) is -5.49. The average molecular weight is 345 g/mol. The van der Waals surface area contributed by atoms with Crippen molar-refractivity contribution < 1.29 is 27.4 Å². The van der Waals surface area contributed by atoms with Crippen molar-refractivity contribution in [2.45, 2.75) is 26.1 Å². The molecule has 132 valence electrons. The Kier molecular flexibility index (Phi) is 5.66. The first-order valence-electron chi connectivity index (χ1n) is 7.37. The molecule has 1 aliphatic heterocycles. The minimum atomic E-state index is -4.54. The van der Waals surface area contributed by atoms with Gasteiger partial charge in [-0.1, -0.05) is 6.07 Å². The van der Waals surface area contributed by atoms with Gasteiger partial charge in [0, 0.05) is 24.4 Å². The van der Waals surface area contributed by atoms with Crippen molar-refractivity contribution in [3.05, 3.63) is 29.3 Å². The number of hydrazone groups is 1. The van der Waals surface area contributed by atoms with Gasteiger partial charge in [0.15, 0.2) is 0 Å². The maximum Gasteiger partial charge on any atom is 0.428 e. The first kappa shape index (κ1) is 18.1. The van der Waals surface area contributed by atoms with Crippen molar-refractivity contribution >= 4 is 17.5 Å². The lowest BCUT2D eigenvalue weighted by Crippen LogP contribution is -2.31. The Morgan fingerprint density at radius 3 is 2.79 bits per heavy atom. The van der Waals surface area contributed by atoms with E-state index in [9.17, 15) is 18.0 Å². The zero-order valence-electron chi connectivity index (χ0n) is 13.2. The number of halogens is 3. The number of ether oxygens (including phenoxy) is 2. The van der Waals surface area contributed by atoms with Crippen LogP contribution in [0.5, 0.6) is 0 Å². The third-order valence-electron chi connectivity index (χ3n) is 3.31. The highest BCUT2D eigenvalue weighted by Crippen LogP contribution is 2.35. The second-order valence-electron chi connectivity index (χ2n) is 5.15. The Labute approximate surface area is 137 Å². The van der Waals surface area contributed by atoms with Gasteiger partial charge in [0.25, 0.3) is 0 Å². The van der Waals surface area contributed by atoms with Crippen molar-refractivity contribution in [1.82, 2.24) is 5.43 Å². The predicted octanol–water partition coefficient (Wildman–Crippen LogP) is 2.99. The molecule has 0 spiro atoms. The largest absolute Gasteiger partial charge is 0.442 e. The molecular formula is C15H18F3N3O3. The molecule has 1 aromatic carbocycles. The van der Waals surface area contributed by atoms with E-state index in [1.807, 2.05) is 6.92 Å². The van der Waals surface area contributed by atoms with Crippen LogP contribution in [-0.2, 0) is 15.7 Å². The first-order valence-corrected chi connectivity index (χ1v) is 7.37. The van der Waals surface area contributed by atoms with Crippen LogP contribution in [0.2, 0.25) is 0 Å². The summed E-state index contributed by atoms with van der Waals surface area (Å²) in [7, 11) is 0. The number of hydrogen-bond acceptors (Lipinski definition) is 5. The fourth-order valence-electron chi connectivity index (χ4n) is 2.17. The minimum absolute atomic E-state index is 0.0424. The van der Waals surface area contributed by atoms with Crippen LogP contribution in [0.1, 0.15) is 25.0 Å². The molecular weight excluding hydrogens is 327 g/mol. The fourth-order valence-corrected chi connectivity index (χ4v) is 2.17. The van der Waals surface area contributed by atoms with Gasteiger partial charge in [0.05, 0.1) is 11.7 Å². The third-order valence-corrected chi connectivity index (χ3v) is 3.31. The van der Waals surface area contributed by atoms with E-state index < -0.39 is 17.8 Å². The molecule has 24 heavy (non-hydrogen) atoms. The molecule has 0 bridgehead atoms. The summed E-state index contributed by atoms with van der Waals surface area (Å²) in [6, 6.07) is 3.80. The smallest absolute Gasteiger partial charge is 0.428 e. The molecule has 0 aliphatic carbocycles. The number of amides is 1. The summed E-state index contributed by atoms with van der Waals surface area (Å²) in [4.78, 5) is 10.9. The summed E-state index contributed by atoms with van der Waals surface area (Å²) in [5.74, 6) is 0. The van der Waals surface area contributed by atoms with E-state index in [0.717, 1.165) is 6.07 Å². The van der Waals surface area contributed by atoms with Crippen LogP contribution in [0.3, 0.4) is 0 Å². The van der Waals surface area contributed by atoms with E-state index in [1.54, 1.807) is 6.92 Å². The van der Waals surface area contributed by atoms with Crippen molar-refractivity contribution in [3.8, 4) is 0 Å². The van der Waals surface area contributed by atoms with Crippen LogP contribution in [0.25, 0.3) is 0 Å². The van der Waals surface area contributed by atoms with E-state index in [2.05, 4.69) is 15.8 Å². The standard InChI is InChI=1S/C15H18F3N3O3/c1-3-23-9(2)7-19-12-5-4-10(6-11(12)15(16,17)18)13-8-24-14(22)21-20-13/h4-6,9,19H,3,7-8H2,1-2H3,(H,21,22). The molecule has 1 atom stereocenters. The molecule has 1 aliphatic rings.